The lowest BCUT2D eigenvalue weighted by atomic mass is 10.1. The highest BCUT2D eigenvalue weighted by Crippen LogP contribution is 2.40. The third-order valence-electron chi connectivity index (χ3n) is 4.20. The molecule has 5 heteroatoms. The van der Waals surface area contributed by atoms with Crippen molar-refractivity contribution in [3.63, 3.8) is 0 Å². The van der Waals surface area contributed by atoms with Gasteiger partial charge in [-0.25, -0.2) is 4.98 Å². The van der Waals surface area contributed by atoms with Crippen LogP contribution >= 0.6 is 0 Å². The zero-order chi connectivity index (χ0) is 15.7. The van der Waals surface area contributed by atoms with Gasteiger partial charge in [-0.2, -0.15) is 0 Å². The van der Waals surface area contributed by atoms with Gasteiger partial charge in [-0.3, -0.25) is 10.1 Å². The van der Waals surface area contributed by atoms with Crippen molar-refractivity contribution in [3.05, 3.63) is 45.9 Å². The second kappa shape index (κ2) is 5.91. The van der Waals surface area contributed by atoms with Crippen molar-refractivity contribution in [3.8, 4) is 11.3 Å². The van der Waals surface area contributed by atoms with Gasteiger partial charge in [0.05, 0.1) is 10.6 Å². The first kappa shape index (κ1) is 14.8. The molecule has 1 heterocycles. The maximum Gasteiger partial charge on any atom is 0.270 e. The minimum Gasteiger partial charge on any atom is -0.329 e. The number of aryl methyl sites for hydroxylation is 1. The molecule has 5 nitrogen and oxygen atoms in total. The van der Waals surface area contributed by atoms with Gasteiger partial charge in [0.25, 0.3) is 5.69 Å². The number of nitrogens with zero attached hydrogens (tertiary/aromatic N) is 3. The van der Waals surface area contributed by atoms with Gasteiger partial charge in [0.1, 0.15) is 5.82 Å². The van der Waals surface area contributed by atoms with Gasteiger partial charge in [-0.1, -0.05) is 25.5 Å². The molecule has 1 aromatic heterocycles. The van der Waals surface area contributed by atoms with E-state index in [2.05, 4.69) is 11.5 Å². The normalized spacial score (nSPS) is 14.3. The van der Waals surface area contributed by atoms with E-state index in [0.717, 1.165) is 36.3 Å². The number of imidazole rings is 1. The molecule has 1 saturated carbocycles. The molecule has 1 fully saturated rings. The molecular formula is C17H21N3O2. The van der Waals surface area contributed by atoms with E-state index in [1.165, 1.54) is 24.6 Å². The van der Waals surface area contributed by atoms with Crippen molar-refractivity contribution in [1.29, 1.82) is 0 Å². The maximum atomic E-state index is 11.0. The number of benzene rings is 1. The van der Waals surface area contributed by atoms with Crippen LogP contribution in [0.5, 0.6) is 0 Å². The lowest BCUT2D eigenvalue weighted by Crippen LogP contribution is -2.03. The Balaban J connectivity index is 2.07. The first-order valence-electron chi connectivity index (χ1n) is 7.94. The first-order chi connectivity index (χ1) is 10.6. The fourth-order valence-corrected chi connectivity index (χ4v) is 2.99. The Morgan fingerprint density at radius 2 is 2.18 bits per heavy atom. The summed E-state index contributed by atoms with van der Waals surface area (Å²) in [6.45, 7) is 4.21. The van der Waals surface area contributed by atoms with E-state index in [1.54, 1.807) is 12.1 Å². The Kier molecular flexibility index (Phi) is 3.96. The molecule has 116 valence electrons. The number of nitro benzene ring substituents is 1. The lowest BCUT2D eigenvalue weighted by Gasteiger charge is -2.10. The van der Waals surface area contributed by atoms with Crippen molar-refractivity contribution in [2.45, 2.75) is 52.0 Å². The van der Waals surface area contributed by atoms with Crippen molar-refractivity contribution in [1.82, 2.24) is 9.55 Å². The van der Waals surface area contributed by atoms with Gasteiger partial charge >= 0.3 is 0 Å². The molecule has 0 N–H and O–H groups in total. The summed E-state index contributed by atoms with van der Waals surface area (Å²) in [5, 5.41) is 11.0. The summed E-state index contributed by atoms with van der Waals surface area (Å²) in [5.74, 6) is 1.02. The van der Waals surface area contributed by atoms with Crippen LogP contribution in [-0.4, -0.2) is 14.5 Å². The molecular weight excluding hydrogens is 278 g/mol. The Morgan fingerprint density at radius 1 is 1.41 bits per heavy atom. The molecule has 1 aliphatic rings. The van der Waals surface area contributed by atoms with Crippen LogP contribution in [0.1, 0.15) is 50.2 Å². The van der Waals surface area contributed by atoms with E-state index in [9.17, 15) is 10.1 Å². The van der Waals surface area contributed by atoms with E-state index in [-0.39, 0.29) is 10.6 Å². The summed E-state index contributed by atoms with van der Waals surface area (Å²) in [4.78, 5) is 15.4. The van der Waals surface area contributed by atoms with Gasteiger partial charge in [0.15, 0.2) is 0 Å². The molecule has 0 saturated heterocycles. The molecule has 22 heavy (non-hydrogen) atoms. The van der Waals surface area contributed by atoms with Gasteiger partial charge < -0.3 is 4.57 Å². The van der Waals surface area contributed by atoms with E-state index >= 15 is 0 Å². The second-order valence-electron chi connectivity index (χ2n) is 5.97. The third-order valence-corrected chi connectivity index (χ3v) is 4.20. The summed E-state index contributed by atoms with van der Waals surface area (Å²) >= 11 is 0. The number of aromatic nitrogens is 2. The van der Waals surface area contributed by atoms with Crippen LogP contribution in [0.15, 0.2) is 24.3 Å². The van der Waals surface area contributed by atoms with Crippen LogP contribution < -0.4 is 0 Å². The zero-order valence-corrected chi connectivity index (χ0v) is 13.1. The fourth-order valence-electron chi connectivity index (χ4n) is 2.99. The highest BCUT2D eigenvalue weighted by molar-refractivity contribution is 5.65. The molecule has 0 atom stereocenters. The van der Waals surface area contributed by atoms with Crippen LogP contribution in [0.25, 0.3) is 11.3 Å². The molecule has 3 rings (SSSR count). The van der Waals surface area contributed by atoms with E-state index in [0.29, 0.717) is 6.04 Å². The molecule has 0 bridgehead atoms. The van der Waals surface area contributed by atoms with Crippen molar-refractivity contribution in [2.75, 3.05) is 0 Å². The average molecular weight is 299 g/mol. The monoisotopic (exact) mass is 299 g/mol. The first-order valence-corrected chi connectivity index (χ1v) is 7.94. The van der Waals surface area contributed by atoms with Crippen LogP contribution in [0, 0.1) is 17.0 Å². The Morgan fingerprint density at radius 3 is 2.82 bits per heavy atom. The maximum absolute atomic E-state index is 11.0. The predicted molar refractivity (Wildman–Crippen MR) is 85.9 cm³/mol. The van der Waals surface area contributed by atoms with Crippen molar-refractivity contribution >= 4 is 5.69 Å². The van der Waals surface area contributed by atoms with Crippen LogP contribution in [0.4, 0.5) is 5.69 Å². The van der Waals surface area contributed by atoms with Crippen molar-refractivity contribution in [2.24, 2.45) is 0 Å². The largest absolute Gasteiger partial charge is 0.329 e. The fraction of sp³-hybridized carbons (Fsp3) is 0.471. The van der Waals surface area contributed by atoms with Crippen molar-refractivity contribution < 1.29 is 4.92 Å². The number of hydrogen-bond acceptors (Lipinski definition) is 3. The minimum absolute atomic E-state index is 0.123. The minimum atomic E-state index is -0.347. The number of nitro groups is 1. The summed E-state index contributed by atoms with van der Waals surface area (Å²) in [7, 11) is 0. The van der Waals surface area contributed by atoms with Crippen LogP contribution in [0.2, 0.25) is 0 Å². The second-order valence-corrected chi connectivity index (χ2v) is 5.97. The summed E-state index contributed by atoms with van der Waals surface area (Å²) in [6, 6.07) is 7.39. The topological polar surface area (TPSA) is 61.0 Å². The molecule has 1 aromatic carbocycles. The highest BCUT2D eigenvalue weighted by atomic mass is 16.6. The Bertz CT molecular complexity index is 702. The number of non-ortho nitro benzene ring substituents is 1. The molecule has 0 aliphatic heterocycles. The zero-order valence-electron chi connectivity index (χ0n) is 13.1. The van der Waals surface area contributed by atoms with E-state index in [1.807, 2.05) is 13.0 Å². The number of hydrogen-bond donors (Lipinski definition) is 0. The number of rotatable bonds is 6. The van der Waals surface area contributed by atoms with Gasteiger partial charge in [-0.15, -0.1) is 0 Å². The van der Waals surface area contributed by atoms with Crippen LogP contribution in [0.3, 0.4) is 0 Å². The summed E-state index contributed by atoms with van der Waals surface area (Å²) in [6.07, 6.45) is 5.64. The molecule has 0 unspecified atom stereocenters. The predicted octanol–water partition coefficient (Wildman–Crippen LogP) is 4.44. The molecule has 0 amide bonds. The molecule has 0 spiro atoms. The average Bonchev–Trinajstić information content (AvgIpc) is 3.29. The third kappa shape index (κ3) is 2.75. The number of unbranched alkanes of at least 4 members (excludes halogenated alkanes) is 1. The molecule has 2 aromatic rings. The Labute approximate surface area is 130 Å². The summed E-state index contributed by atoms with van der Waals surface area (Å²) < 4.78 is 2.35. The van der Waals surface area contributed by atoms with Gasteiger partial charge in [0.2, 0.25) is 0 Å². The Hall–Kier alpha value is -2.17. The smallest absolute Gasteiger partial charge is 0.270 e. The van der Waals surface area contributed by atoms with E-state index < -0.39 is 0 Å². The van der Waals surface area contributed by atoms with E-state index in [4.69, 9.17) is 4.98 Å². The summed E-state index contributed by atoms with van der Waals surface area (Å²) in [5.41, 5.74) is 3.13. The molecule has 0 radical (unpaired) electrons. The van der Waals surface area contributed by atoms with Gasteiger partial charge in [0, 0.05) is 29.4 Å². The van der Waals surface area contributed by atoms with Gasteiger partial charge in [-0.05, 0) is 32.6 Å². The molecule has 1 aliphatic carbocycles. The highest BCUT2D eigenvalue weighted by Gasteiger charge is 2.29. The lowest BCUT2D eigenvalue weighted by molar-refractivity contribution is -0.384. The standard InChI is InChI=1S/C17H21N3O2/c1-3-4-8-16-17(18-12(2)19(16)14-9-10-14)13-6-5-7-15(11-13)20(21)22/h5-7,11,14H,3-4,8-10H2,1-2H3. The quantitative estimate of drug-likeness (QED) is 0.585. The van der Waals surface area contributed by atoms with Crippen LogP contribution in [-0.2, 0) is 6.42 Å². The SMILES string of the molecule is CCCCc1c(-c2cccc([N+](=O)[O-])c2)nc(C)n1C1CC1.